The number of fused-ring (bicyclic) bond motifs is 1. The summed E-state index contributed by atoms with van der Waals surface area (Å²) in [4.78, 5) is 0. The van der Waals surface area contributed by atoms with Crippen LogP contribution in [0.1, 0.15) is 0 Å². The molecule has 5 N–H and O–H groups in total. The lowest BCUT2D eigenvalue weighted by molar-refractivity contribution is 1.37. The maximum absolute atomic E-state index is 5.81. The predicted molar refractivity (Wildman–Crippen MR) is 56.2 cm³/mol. The number of hydrogen-bond acceptors (Lipinski definition) is 3. The third kappa shape index (κ3) is 1.19. The molecule has 2 aromatic carbocycles. The molecule has 0 atom stereocenters. The summed E-state index contributed by atoms with van der Waals surface area (Å²) in [5.74, 6) is 5.38. The zero-order chi connectivity index (χ0) is 9.26. The van der Waals surface area contributed by atoms with Crippen LogP contribution in [0.3, 0.4) is 0 Å². The van der Waals surface area contributed by atoms with Gasteiger partial charge in [-0.3, -0.25) is 5.84 Å². The second-order valence-electron chi connectivity index (χ2n) is 2.89. The summed E-state index contributed by atoms with van der Waals surface area (Å²) in [5, 5.41) is 2.07. The van der Waals surface area contributed by atoms with E-state index >= 15 is 0 Å². The Morgan fingerprint density at radius 3 is 2.31 bits per heavy atom. The summed E-state index contributed by atoms with van der Waals surface area (Å²) in [6, 6.07) is 11.6. The molecular weight excluding hydrogens is 162 g/mol. The van der Waals surface area contributed by atoms with Crippen LogP contribution in [0.5, 0.6) is 0 Å². The number of benzene rings is 2. The van der Waals surface area contributed by atoms with E-state index < -0.39 is 0 Å². The topological polar surface area (TPSA) is 64.1 Å². The Morgan fingerprint density at radius 1 is 0.923 bits per heavy atom. The molecule has 0 saturated carbocycles. The molecule has 3 nitrogen and oxygen atoms in total. The molecule has 0 aromatic heterocycles. The molecule has 3 heteroatoms. The maximum atomic E-state index is 5.81. The number of hydrazine groups is 1. The average Bonchev–Trinajstić information content (AvgIpc) is 2.19. The molecule has 13 heavy (non-hydrogen) atoms. The molecule has 0 aliphatic rings. The number of nitrogens with one attached hydrogen (secondary N) is 1. The fraction of sp³-hybridized carbons (Fsp3) is 0. The largest absolute Gasteiger partial charge is 0.398 e. The first-order chi connectivity index (χ1) is 6.33. The van der Waals surface area contributed by atoms with Crippen molar-refractivity contribution in [3.8, 4) is 0 Å². The molecule has 2 rings (SSSR count). The molecule has 0 fully saturated rings. The third-order valence-corrected chi connectivity index (χ3v) is 2.11. The van der Waals surface area contributed by atoms with E-state index in [0.717, 1.165) is 22.1 Å². The van der Waals surface area contributed by atoms with E-state index in [4.69, 9.17) is 11.6 Å². The zero-order valence-corrected chi connectivity index (χ0v) is 7.12. The number of nitrogens with two attached hydrogens (primary N) is 2. The Balaban J connectivity index is 2.84. The minimum atomic E-state index is 0.773. The summed E-state index contributed by atoms with van der Waals surface area (Å²) >= 11 is 0. The van der Waals surface area contributed by atoms with Crippen LogP contribution in [0.25, 0.3) is 10.8 Å². The Kier molecular flexibility index (Phi) is 1.79. The Bertz CT molecular complexity index is 437. The predicted octanol–water partition coefficient (Wildman–Crippen LogP) is 1.71. The van der Waals surface area contributed by atoms with E-state index in [9.17, 15) is 0 Å². The summed E-state index contributed by atoms with van der Waals surface area (Å²) in [6.45, 7) is 0. The molecule has 0 unspecified atom stereocenters. The monoisotopic (exact) mass is 173 g/mol. The number of anilines is 2. The molecule has 66 valence electrons. The molecule has 0 saturated heterocycles. The van der Waals surface area contributed by atoms with Crippen molar-refractivity contribution in [2.75, 3.05) is 11.2 Å². The van der Waals surface area contributed by atoms with Crippen LogP contribution in [-0.4, -0.2) is 0 Å². The molecule has 0 spiro atoms. The molecular formula is C10H11N3. The fourth-order valence-corrected chi connectivity index (χ4v) is 1.45. The van der Waals surface area contributed by atoms with Crippen LogP contribution in [0, 0.1) is 0 Å². The Morgan fingerprint density at radius 2 is 1.62 bits per heavy atom. The van der Waals surface area contributed by atoms with Crippen LogP contribution in [0.15, 0.2) is 36.4 Å². The van der Waals surface area contributed by atoms with Crippen molar-refractivity contribution in [1.29, 1.82) is 0 Å². The van der Waals surface area contributed by atoms with Gasteiger partial charge in [0.15, 0.2) is 0 Å². The first-order valence-corrected chi connectivity index (χ1v) is 4.07. The van der Waals surface area contributed by atoms with Gasteiger partial charge in [-0.15, -0.1) is 0 Å². The minimum Gasteiger partial charge on any atom is -0.398 e. The first kappa shape index (κ1) is 7.89. The van der Waals surface area contributed by atoms with E-state index in [-0.39, 0.29) is 0 Å². The lowest BCUT2D eigenvalue weighted by Gasteiger charge is -2.07. The van der Waals surface area contributed by atoms with Gasteiger partial charge in [0, 0.05) is 16.5 Å². The Labute approximate surface area is 76.3 Å². The second-order valence-corrected chi connectivity index (χ2v) is 2.89. The van der Waals surface area contributed by atoms with Gasteiger partial charge in [0.05, 0.1) is 5.69 Å². The van der Waals surface area contributed by atoms with Crippen LogP contribution >= 0.6 is 0 Å². The van der Waals surface area contributed by atoms with Gasteiger partial charge in [-0.2, -0.15) is 0 Å². The van der Waals surface area contributed by atoms with E-state index in [1.807, 2.05) is 36.4 Å². The van der Waals surface area contributed by atoms with Crippen molar-refractivity contribution < 1.29 is 0 Å². The second kappa shape index (κ2) is 2.95. The van der Waals surface area contributed by atoms with Crippen LogP contribution < -0.4 is 17.0 Å². The fourth-order valence-electron chi connectivity index (χ4n) is 1.45. The van der Waals surface area contributed by atoms with Crippen LogP contribution in [-0.2, 0) is 0 Å². The van der Waals surface area contributed by atoms with Crippen molar-refractivity contribution in [3.05, 3.63) is 36.4 Å². The molecule has 0 aliphatic heterocycles. The van der Waals surface area contributed by atoms with Gasteiger partial charge in [-0.05, 0) is 12.1 Å². The average molecular weight is 173 g/mol. The summed E-state index contributed by atoms with van der Waals surface area (Å²) in [5.41, 5.74) is 10.1. The lowest BCUT2D eigenvalue weighted by Crippen LogP contribution is -2.07. The van der Waals surface area contributed by atoms with Gasteiger partial charge in [0.25, 0.3) is 0 Å². The molecule has 0 amide bonds. The van der Waals surface area contributed by atoms with Gasteiger partial charge in [-0.25, -0.2) is 0 Å². The Hall–Kier alpha value is -1.74. The van der Waals surface area contributed by atoms with Crippen molar-refractivity contribution in [2.24, 2.45) is 5.84 Å². The molecule has 0 bridgehead atoms. The highest BCUT2D eigenvalue weighted by Gasteiger charge is 2.00. The minimum absolute atomic E-state index is 0.773. The van der Waals surface area contributed by atoms with Gasteiger partial charge in [0.1, 0.15) is 0 Å². The SMILES string of the molecule is NNc1ccc(N)c2ccccc12. The standard InChI is InChI=1S/C10H11N3/c11-9-5-6-10(13-12)8-4-2-1-3-7(8)9/h1-6,13H,11-12H2. The van der Waals surface area contributed by atoms with Crippen LogP contribution in [0.4, 0.5) is 11.4 Å². The highest BCUT2D eigenvalue weighted by atomic mass is 15.2. The quantitative estimate of drug-likeness (QED) is 0.349. The van der Waals surface area contributed by atoms with E-state index in [2.05, 4.69) is 5.43 Å². The van der Waals surface area contributed by atoms with Gasteiger partial charge < -0.3 is 11.2 Å². The normalized spacial score (nSPS) is 10.2. The molecule has 0 heterocycles. The summed E-state index contributed by atoms with van der Waals surface area (Å²) < 4.78 is 0. The molecule has 0 aliphatic carbocycles. The number of hydrogen-bond donors (Lipinski definition) is 3. The van der Waals surface area contributed by atoms with E-state index in [0.29, 0.717) is 0 Å². The van der Waals surface area contributed by atoms with E-state index in [1.54, 1.807) is 0 Å². The smallest absolute Gasteiger partial charge is 0.0565 e. The maximum Gasteiger partial charge on any atom is 0.0565 e. The highest BCUT2D eigenvalue weighted by Crippen LogP contribution is 2.27. The van der Waals surface area contributed by atoms with Gasteiger partial charge in [0.2, 0.25) is 0 Å². The summed E-state index contributed by atoms with van der Waals surface area (Å²) in [7, 11) is 0. The summed E-state index contributed by atoms with van der Waals surface area (Å²) in [6.07, 6.45) is 0. The van der Waals surface area contributed by atoms with E-state index in [1.165, 1.54) is 0 Å². The number of rotatable bonds is 1. The van der Waals surface area contributed by atoms with Crippen molar-refractivity contribution >= 4 is 22.1 Å². The highest BCUT2D eigenvalue weighted by molar-refractivity contribution is 6.00. The molecule has 2 aromatic rings. The lowest BCUT2D eigenvalue weighted by atomic mass is 10.1. The van der Waals surface area contributed by atoms with Gasteiger partial charge in [-0.1, -0.05) is 24.3 Å². The van der Waals surface area contributed by atoms with Crippen molar-refractivity contribution in [2.45, 2.75) is 0 Å². The van der Waals surface area contributed by atoms with Gasteiger partial charge >= 0.3 is 0 Å². The first-order valence-electron chi connectivity index (χ1n) is 4.07. The van der Waals surface area contributed by atoms with Crippen molar-refractivity contribution in [1.82, 2.24) is 0 Å². The van der Waals surface area contributed by atoms with Crippen molar-refractivity contribution in [3.63, 3.8) is 0 Å². The zero-order valence-electron chi connectivity index (χ0n) is 7.12. The third-order valence-electron chi connectivity index (χ3n) is 2.11. The molecule has 0 radical (unpaired) electrons. The van der Waals surface area contributed by atoms with Crippen LogP contribution in [0.2, 0.25) is 0 Å². The number of nitrogen functional groups attached to an aromatic ring is 2.